The van der Waals surface area contributed by atoms with Crippen molar-refractivity contribution >= 4 is 22.5 Å². The lowest BCUT2D eigenvalue weighted by atomic mass is 9.93. The summed E-state index contributed by atoms with van der Waals surface area (Å²) in [5.41, 5.74) is 1.22. The van der Waals surface area contributed by atoms with Gasteiger partial charge in [-0.15, -0.1) is 0 Å². The highest BCUT2D eigenvalue weighted by atomic mass is 19.3. The van der Waals surface area contributed by atoms with Gasteiger partial charge in [0, 0.05) is 61.5 Å². The van der Waals surface area contributed by atoms with Crippen LogP contribution in [0.4, 0.5) is 14.5 Å². The molecule has 1 N–H and O–H groups in total. The molecule has 2 atom stereocenters. The molecule has 0 saturated carbocycles. The number of anilines is 1. The highest BCUT2D eigenvalue weighted by molar-refractivity contribution is 5.94. The Hall–Kier alpha value is -2.28. The number of nitrogens with one attached hydrogen (secondary N) is 1. The van der Waals surface area contributed by atoms with E-state index >= 15 is 0 Å². The molecule has 0 bridgehead atoms. The Morgan fingerprint density at radius 2 is 2.03 bits per heavy atom. The molecule has 2 aliphatic heterocycles. The average Bonchev–Trinajstić information content (AvgIpc) is 2.65. The summed E-state index contributed by atoms with van der Waals surface area (Å²) in [5.74, 6) is 0.959. The number of halogens is 2. The minimum atomic E-state index is -2.56. The summed E-state index contributed by atoms with van der Waals surface area (Å²) in [5, 5.41) is 3.94. The number of benzene rings is 1. The van der Waals surface area contributed by atoms with E-state index in [0.29, 0.717) is 30.3 Å². The first kappa shape index (κ1) is 20.0. The molecule has 156 valence electrons. The molecule has 3 heterocycles. The van der Waals surface area contributed by atoms with Crippen LogP contribution in [0.5, 0.6) is 0 Å². The molecule has 5 nitrogen and oxygen atoms in total. The lowest BCUT2D eigenvalue weighted by Gasteiger charge is -2.40. The Bertz CT molecular complexity index is 884. The van der Waals surface area contributed by atoms with E-state index < -0.39 is 6.43 Å². The predicted octanol–water partition coefficient (Wildman–Crippen LogP) is 3.46. The zero-order valence-corrected chi connectivity index (χ0v) is 16.9. The van der Waals surface area contributed by atoms with Crippen LogP contribution in [0.3, 0.4) is 0 Å². The number of carbonyl (C=O) groups excluding carboxylic acids is 1. The lowest BCUT2D eigenvalue weighted by molar-refractivity contribution is -0.124. The Morgan fingerprint density at radius 3 is 2.76 bits per heavy atom. The van der Waals surface area contributed by atoms with Crippen LogP contribution >= 0.6 is 0 Å². The fourth-order valence-corrected chi connectivity index (χ4v) is 4.79. The third-order valence-corrected chi connectivity index (χ3v) is 5.99. The van der Waals surface area contributed by atoms with Crippen molar-refractivity contribution in [3.63, 3.8) is 0 Å². The highest BCUT2D eigenvalue weighted by Crippen LogP contribution is 2.34. The van der Waals surface area contributed by atoms with Gasteiger partial charge in [0.05, 0.1) is 5.52 Å². The van der Waals surface area contributed by atoms with Crippen LogP contribution in [-0.2, 0) is 4.79 Å². The van der Waals surface area contributed by atoms with E-state index in [4.69, 9.17) is 0 Å². The van der Waals surface area contributed by atoms with Crippen LogP contribution in [0.25, 0.3) is 10.9 Å². The van der Waals surface area contributed by atoms with Crippen molar-refractivity contribution in [3.05, 3.63) is 36.0 Å². The van der Waals surface area contributed by atoms with Gasteiger partial charge in [-0.3, -0.25) is 9.78 Å². The fourth-order valence-electron chi connectivity index (χ4n) is 4.79. The molecule has 1 aromatic carbocycles. The summed E-state index contributed by atoms with van der Waals surface area (Å²) in [4.78, 5) is 21.1. The number of hydrogen-bond acceptors (Lipinski definition) is 4. The largest absolute Gasteiger partial charge is 0.369 e. The lowest BCUT2D eigenvalue weighted by Crippen LogP contribution is -2.52. The van der Waals surface area contributed by atoms with Gasteiger partial charge in [0.25, 0.3) is 6.43 Å². The first-order chi connectivity index (χ1) is 13.9. The molecule has 0 aliphatic carbocycles. The maximum atomic E-state index is 13.4. The molecule has 0 radical (unpaired) electrons. The maximum Gasteiger partial charge on any atom is 0.265 e. The van der Waals surface area contributed by atoms with Gasteiger partial charge < -0.3 is 15.1 Å². The van der Waals surface area contributed by atoms with Gasteiger partial charge in [0.1, 0.15) is 0 Å². The molecular formula is C22H28F2N4O. The number of fused-ring (bicyclic) bond motifs is 1. The normalized spacial score (nSPS) is 23.4. The molecule has 2 unspecified atom stereocenters. The third-order valence-electron chi connectivity index (χ3n) is 5.99. The van der Waals surface area contributed by atoms with Crippen LogP contribution in [0, 0.1) is 11.8 Å². The maximum absolute atomic E-state index is 13.4. The van der Waals surface area contributed by atoms with Crippen LogP contribution in [0.1, 0.15) is 31.8 Å². The predicted molar refractivity (Wildman–Crippen MR) is 110 cm³/mol. The quantitative estimate of drug-likeness (QED) is 0.832. The number of pyridine rings is 1. The number of aromatic nitrogens is 1. The van der Waals surface area contributed by atoms with Crippen molar-refractivity contribution in [2.45, 2.75) is 32.2 Å². The second kappa shape index (κ2) is 8.22. The van der Waals surface area contributed by atoms with Crippen molar-refractivity contribution in [3.8, 4) is 0 Å². The first-order valence-electron chi connectivity index (χ1n) is 10.3. The minimum absolute atomic E-state index is 0.0373. The van der Waals surface area contributed by atoms with Crippen LogP contribution < -0.4 is 10.2 Å². The van der Waals surface area contributed by atoms with E-state index in [9.17, 15) is 13.6 Å². The van der Waals surface area contributed by atoms with Gasteiger partial charge in [-0.1, -0.05) is 6.92 Å². The monoisotopic (exact) mass is 402 g/mol. The number of alkyl halides is 2. The van der Waals surface area contributed by atoms with E-state index in [0.717, 1.165) is 37.1 Å². The molecule has 1 amide bonds. The summed E-state index contributed by atoms with van der Waals surface area (Å²) in [6.07, 6.45) is 0.500. The number of nitrogens with zero attached hydrogens (tertiary/aromatic N) is 3. The summed E-state index contributed by atoms with van der Waals surface area (Å²) >= 11 is 0. The minimum Gasteiger partial charge on any atom is -0.369 e. The molecule has 4 rings (SSSR count). The Labute approximate surface area is 170 Å². The van der Waals surface area contributed by atoms with Gasteiger partial charge in [0.2, 0.25) is 5.91 Å². The molecule has 7 heteroatoms. The smallest absolute Gasteiger partial charge is 0.265 e. The zero-order valence-electron chi connectivity index (χ0n) is 16.9. The van der Waals surface area contributed by atoms with Crippen molar-refractivity contribution in [1.82, 2.24) is 15.2 Å². The van der Waals surface area contributed by atoms with E-state index in [1.807, 2.05) is 6.07 Å². The summed E-state index contributed by atoms with van der Waals surface area (Å²) in [6.45, 7) is 5.64. The summed E-state index contributed by atoms with van der Waals surface area (Å²) < 4.78 is 26.8. The first-order valence-corrected chi connectivity index (χ1v) is 10.3. The number of carbonyl (C=O) groups is 1. The van der Waals surface area contributed by atoms with Crippen molar-refractivity contribution in [1.29, 1.82) is 0 Å². The molecule has 29 heavy (non-hydrogen) atoms. The number of rotatable bonds is 5. The van der Waals surface area contributed by atoms with E-state index in [-0.39, 0.29) is 17.5 Å². The van der Waals surface area contributed by atoms with Gasteiger partial charge in [0.15, 0.2) is 0 Å². The number of amides is 1. The van der Waals surface area contributed by atoms with Gasteiger partial charge in [-0.25, -0.2) is 8.78 Å². The topological polar surface area (TPSA) is 48.5 Å². The Balaban J connectivity index is 1.51. The summed E-state index contributed by atoms with van der Waals surface area (Å²) in [7, 11) is 2.06. The van der Waals surface area contributed by atoms with E-state index in [2.05, 4.69) is 34.1 Å². The molecule has 2 fully saturated rings. The van der Waals surface area contributed by atoms with Gasteiger partial charge in [-0.2, -0.15) is 0 Å². The van der Waals surface area contributed by atoms with Crippen LogP contribution in [0.2, 0.25) is 0 Å². The molecular weight excluding hydrogens is 374 g/mol. The van der Waals surface area contributed by atoms with Gasteiger partial charge in [-0.05, 0) is 49.6 Å². The van der Waals surface area contributed by atoms with Crippen LogP contribution in [0.15, 0.2) is 30.5 Å². The highest BCUT2D eigenvalue weighted by Gasteiger charge is 2.30. The molecule has 1 aromatic heterocycles. The molecule has 0 spiro atoms. The van der Waals surface area contributed by atoms with Crippen molar-refractivity contribution in [2.75, 3.05) is 38.1 Å². The zero-order chi connectivity index (χ0) is 20.5. The number of piperidine rings is 1. The molecule has 2 aliphatic rings. The SMILES string of the molecule is CC1CC(NC(=O)CC2CN(C)C2)CN(c2ccc(C(F)F)c3ncccc23)C1. The number of likely N-dealkylation sites (tertiary alicyclic amines) is 1. The van der Waals surface area contributed by atoms with E-state index in [1.54, 1.807) is 18.3 Å². The second-order valence-corrected chi connectivity index (χ2v) is 8.68. The third kappa shape index (κ3) is 4.34. The van der Waals surface area contributed by atoms with Crippen LogP contribution in [-0.4, -0.2) is 55.1 Å². The Morgan fingerprint density at radius 1 is 1.24 bits per heavy atom. The average molecular weight is 402 g/mol. The Kier molecular flexibility index (Phi) is 5.67. The summed E-state index contributed by atoms with van der Waals surface area (Å²) in [6, 6.07) is 6.94. The van der Waals surface area contributed by atoms with Gasteiger partial charge >= 0.3 is 0 Å². The standard InChI is InChI=1S/C22H28F2N4O/c1-14-8-16(26-20(29)9-15-11-27(2)12-15)13-28(10-14)19-6-5-18(22(23)24)21-17(19)4-3-7-25-21/h3-7,14-16,22H,8-13H2,1-2H3,(H,26,29). The molecule has 2 aromatic rings. The molecule has 2 saturated heterocycles. The number of hydrogen-bond donors (Lipinski definition) is 1. The fraction of sp³-hybridized carbons (Fsp3) is 0.545. The van der Waals surface area contributed by atoms with Crippen molar-refractivity contribution < 1.29 is 13.6 Å². The van der Waals surface area contributed by atoms with E-state index in [1.165, 1.54) is 6.07 Å². The second-order valence-electron chi connectivity index (χ2n) is 8.68. The van der Waals surface area contributed by atoms with Crippen molar-refractivity contribution in [2.24, 2.45) is 11.8 Å².